The van der Waals surface area contributed by atoms with E-state index in [0.29, 0.717) is 0 Å². The third-order valence-corrected chi connectivity index (χ3v) is 9.64. The van der Waals surface area contributed by atoms with Gasteiger partial charge in [0.05, 0.1) is 6.10 Å². The first-order chi connectivity index (χ1) is 11.2. The molecule has 2 heteroatoms. The summed E-state index contributed by atoms with van der Waals surface area (Å²) in [5.74, 6) is 0. The summed E-state index contributed by atoms with van der Waals surface area (Å²) in [7, 11) is -1.64. The molecule has 0 spiro atoms. The Morgan fingerprint density at radius 2 is 1.43 bits per heavy atom. The second-order valence-electron chi connectivity index (χ2n) is 7.02. The normalized spacial score (nSPS) is 16.7. The van der Waals surface area contributed by atoms with Crippen LogP contribution in [0.3, 0.4) is 0 Å². The average molecular weight is 331 g/mol. The van der Waals surface area contributed by atoms with E-state index >= 15 is 0 Å². The van der Waals surface area contributed by atoms with Crippen molar-refractivity contribution < 1.29 is 4.43 Å². The minimum absolute atomic E-state index is 0.212. The molecule has 1 aromatic rings. The largest absolute Gasteiger partial charge is 0.406 e. The molecule has 0 fully saturated rings. The fraction of sp³-hybridized carbons (Fsp3) is 0.619. The number of fused-ring (bicyclic) bond motifs is 1. The zero-order valence-corrected chi connectivity index (χ0v) is 16.3. The molecule has 0 aromatic heterocycles. The highest BCUT2D eigenvalue weighted by Crippen LogP contribution is 2.38. The molecule has 0 radical (unpaired) electrons. The minimum atomic E-state index is -1.64. The fourth-order valence-electron chi connectivity index (χ4n) is 3.64. The van der Waals surface area contributed by atoms with Gasteiger partial charge in [0.25, 0.3) is 0 Å². The van der Waals surface area contributed by atoms with Crippen LogP contribution in [0, 0.1) is 0 Å². The summed E-state index contributed by atoms with van der Waals surface area (Å²) >= 11 is 0. The molecule has 1 unspecified atom stereocenters. The molecule has 1 nitrogen and oxygen atoms in total. The molecule has 23 heavy (non-hydrogen) atoms. The lowest BCUT2D eigenvalue weighted by Gasteiger charge is -2.35. The summed E-state index contributed by atoms with van der Waals surface area (Å²) in [6.07, 6.45) is 12.6. The zero-order chi connectivity index (χ0) is 16.5. The van der Waals surface area contributed by atoms with Gasteiger partial charge in [-0.1, -0.05) is 95.7 Å². The summed E-state index contributed by atoms with van der Waals surface area (Å²) in [6.45, 7) is 6.93. The first-order valence-electron chi connectivity index (χ1n) is 9.69. The monoisotopic (exact) mass is 330 g/mol. The predicted octanol–water partition coefficient (Wildman–Crippen LogP) is 7.12. The van der Waals surface area contributed by atoms with Crippen molar-refractivity contribution in [1.29, 1.82) is 0 Å². The van der Waals surface area contributed by atoms with Crippen LogP contribution in [0.15, 0.2) is 30.3 Å². The molecule has 0 bridgehead atoms. The molecule has 2 rings (SSSR count). The van der Waals surface area contributed by atoms with E-state index in [1.54, 1.807) is 0 Å². The van der Waals surface area contributed by atoms with Crippen molar-refractivity contribution in [3.05, 3.63) is 41.5 Å². The van der Waals surface area contributed by atoms with Gasteiger partial charge in [-0.25, -0.2) is 0 Å². The highest BCUT2D eigenvalue weighted by Gasteiger charge is 2.36. The molecule has 1 aliphatic rings. The van der Waals surface area contributed by atoms with Gasteiger partial charge >= 0.3 is 0 Å². The second kappa shape index (κ2) is 9.44. The van der Waals surface area contributed by atoms with Crippen molar-refractivity contribution >= 4 is 14.4 Å². The van der Waals surface area contributed by atoms with Gasteiger partial charge in [-0.2, -0.15) is 0 Å². The first kappa shape index (κ1) is 18.5. The lowest BCUT2D eigenvalue weighted by molar-refractivity contribution is 0.236. The standard InChI is InChI=1S/C21H34OSi/c1-4-7-16-23(17-8-5-2,18-9-6-3)22-21-15-14-19-12-10-11-13-20(19)21/h10-15,21H,4-9,16-18H2,1-3H3. The Labute approximate surface area is 144 Å². The molecular formula is C21H34OSi. The van der Waals surface area contributed by atoms with E-state index in [-0.39, 0.29) is 6.10 Å². The summed E-state index contributed by atoms with van der Waals surface area (Å²) in [5, 5.41) is 0. The number of unbranched alkanes of at least 4 members (excludes halogenated alkanes) is 3. The van der Waals surface area contributed by atoms with Crippen molar-refractivity contribution in [2.75, 3.05) is 0 Å². The third kappa shape index (κ3) is 5.05. The molecule has 0 heterocycles. The number of rotatable bonds is 11. The van der Waals surface area contributed by atoms with Crippen molar-refractivity contribution in [3.63, 3.8) is 0 Å². The van der Waals surface area contributed by atoms with E-state index in [2.05, 4.69) is 57.2 Å². The van der Waals surface area contributed by atoms with Gasteiger partial charge < -0.3 is 4.43 Å². The van der Waals surface area contributed by atoms with E-state index < -0.39 is 8.32 Å². The number of hydrogen-bond acceptors (Lipinski definition) is 1. The molecule has 0 aliphatic heterocycles. The van der Waals surface area contributed by atoms with Gasteiger partial charge in [0.1, 0.15) is 0 Å². The average Bonchev–Trinajstić information content (AvgIpc) is 2.99. The van der Waals surface area contributed by atoms with E-state index in [0.717, 1.165) is 0 Å². The van der Waals surface area contributed by atoms with Crippen LogP contribution in [0.1, 0.15) is 76.5 Å². The van der Waals surface area contributed by atoms with E-state index in [1.165, 1.54) is 67.8 Å². The smallest absolute Gasteiger partial charge is 0.194 e. The predicted molar refractivity (Wildman–Crippen MR) is 104 cm³/mol. The van der Waals surface area contributed by atoms with Crippen molar-refractivity contribution in [2.24, 2.45) is 0 Å². The van der Waals surface area contributed by atoms with Crippen molar-refractivity contribution in [3.8, 4) is 0 Å². The fourth-order valence-corrected chi connectivity index (χ4v) is 8.48. The zero-order valence-electron chi connectivity index (χ0n) is 15.3. The Morgan fingerprint density at radius 1 is 0.870 bits per heavy atom. The molecule has 0 saturated carbocycles. The van der Waals surface area contributed by atoms with Gasteiger partial charge in [-0.05, 0) is 29.3 Å². The van der Waals surface area contributed by atoms with Gasteiger partial charge in [-0.15, -0.1) is 0 Å². The second-order valence-corrected chi connectivity index (χ2v) is 11.1. The van der Waals surface area contributed by atoms with Crippen LogP contribution in [0.4, 0.5) is 0 Å². The van der Waals surface area contributed by atoms with E-state index in [4.69, 9.17) is 4.43 Å². The van der Waals surface area contributed by atoms with E-state index in [9.17, 15) is 0 Å². The Balaban J connectivity index is 2.16. The molecule has 1 aromatic carbocycles. The summed E-state index contributed by atoms with van der Waals surface area (Å²) in [5.41, 5.74) is 2.73. The van der Waals surface area contributed by atoms with Gasteiger partial charge in [0.15, 0.2) is 8.32 Å². The van der Waals surface area contributed by atoms with Crippen LogP contribution in [0.2, 0.25) is 18.1 Å². The topological polar surface area (TPSA) is 9.23 Å². The van der Waals surface area contributed by atoms with Crippen LogP contribution < -0.4 is 0 Å². The molecule has 0 N–H and O–H groups in total. The molecule has 0 saturated heterocycles. The highest BCUT2D eigenvalue weighted by molar-refractivity contribution is 6.73. The third-order valence-electron chi connectivity index (χ3n) is 5.09. The van der Waals surface area contributed by atoms with Crippen molar-refractivity contribution in [2.45, 2.75) is 83.5 Å². The summed E-state index contributed by atoms with van der Waals surface area (Å²) in [6, 6.07) is 12.8. The van der Waals surface area contributed by atoms with Gasteiger partial charge in [0, 0.05) is 0 Å². The quantitative estimate of drug-likeness (QED) is 0.392. The van der Waals surface area contributed by atoms with Crippen LogP contribution >= 0.6 is 0 Å². The summed E-state index contributed by atoms with van der Waals surface area (Å²) < 4.78 is 6.98. The maximum Gasteiger partial charge on any atom is 0.194 e. The van der Waals surface area contributed by atoms with Gasteiger partial charge in [0.2, 0.25) is 0 Å². The Bertz CT molecular complexity index is 473. The molecule has 0 amide bonds. The molecule has 1 atom stereocenters. The van der Waals surface area contributed by atoms with E-state index in [1.807, 2.05) is 0 Å². The lowest BCUT2D eigenvalue weighted by Crippen LogP contribution is -2.39. The van der Waals surface area contributed by atoms with Crippen LogP contribution in [0.5, 0.6) is 0 Å². The Kier molecular flexibility index (Phi) is 7.58. The highest BCUT2D eigenvalue weighted by atomic mass is 28.4. The Hall–Kier alpha value is -0.863. The summed E-state index contributed by atoms with van der Waals surface area (Å²) in [4.78, 5) is 0. The molecule has 128 valence electrons. The number of hydrogen-bond donors (Lipinski definition) is 0. The van der Waals surface area contributed by atoms with Gasteiger partial charge in [-0.3, -0.25) is 0 Å². The lowest BCUT2D eigenvalue weighted by atomic mass is 10.1. The maximum absolute atomic E-state index is 6.98. The van der Waals surface area contributed by atoms with Crippen LogP contribution in [-0.4, -0.2) is 8.32 Å². The molecule has 1 aliphatic carbocycles. The Morgan fingerprint density at radius 3 is 2.00 bits per heavy atom. The van der Waals surface area contributed by atoms with Crippen LogP contribution in [0.25, 0.3) is 6.08 Å². The molecular weight excluding hydrogens is 296 g/mol. The minimum Gasteiger partial charge on any atom is -0.406 e. The number of benzene rings is 1. The first-order valence-corrected chi connectivity index (χ1v) is 12.2. The van der Waals surface area contributed by atoms with Crippen molar-refractivity contribution in [1.82, 2.24) is 0 Å². The maximum atomic E-state index is 6.98. The van der Waals surface area contributed by atoms with Crippen LogP contribution in [-0.2, 0) is 4.43 Å². The SMILES string of the molecule is CCCC[Si](CCCC)(CCCC)OC1C=Cc2ccccc21.